The van der Waals surface area contributed by atoms with Crippen molar-refractivity contribution < 1.29 is 52.7 Å². The summed E-state index contributed by atoms with van der Waals surface area (Å²) in [7, 11) is 0. The van der Waals surface area contributed by atoms with Gasteiger partial charge in [0.05, 0.1) is 22.3 Å². The zero-order chi connectivity index (χ0) is 38.1. The van der Waals surface area contributed by atoms with E-state index in [1.54, 1.807) is 6.07 Å². The molecule has 4 aromatic carbocycles. The summed E-state index contributed by atoms with van der Waals surface area (Å²) in [6.45, 7) is 0. The van der Waals surface area contributed by atoms with E-state index in [-0.39, 0.29) is 28.7 Å². The van der Waals surface area contributed by atoms with Crippen LogP contribution in [0.2, 0.25) is 0 Å². The Labute approximate surface area is 288 Å². The first-order valence-corrected chi connectivity index (χ1v) is 15.2. The second-order valence-electron chi connectivity index (χ2n) is 10.4. The quantitative estimate of drug-likeness (QED) is 0.102. The first kappa shape index (κ1) is 35.5. The summed E-state index contributed by atoms with van der Waals surface area (Å²) in [5.41, 5.74) is -6.43. The van der Waals surface area contributed by atoms with Crippen LogP contribution < -0.4 is 10.4 Å². The molecule has 0 N–H and O–H groups in total. The third kappa shape index (κ3) is 5.03. The number of hydrogen-bond acceptors (Lipinski definition) is 6. The number of nitrogens with zero attached hydrogens (tertiary/aromatic N) is 4. The summed E-state index contributed by atoms with van der Waals surface area (Å²) < 4.78 is 174. The second kappa shape index (κ2) is 12.8. The monoisotopic (exact) mass is 760 g/mol. The molecule has 2 aromatic heterocycles. The summed E-state index contributed by atoms with van der Waals surface area (Å²) in [6.07, 6.45) is 0. The van der Waals surface area contributed by atoms with E-state index in [0.717, 1.165) is 6.07 Å². The molecule has 2 heterocycles. The molecule has 18 heteroatoms. The highest BCUT2D eigenvalue weighted by Gasteiger charge is 2.31. The number of halogens is 12. The number of thiophene rings is 2. The molecule has 6 rings (SSSR count). The smallest absolute Gasteiger partial charge is 0.200 e. The molecule has 0 aliphatic heterocycles. The first-order chi connectivity index (χ1) is 24.6. The number of benzene rings is 4. The normalized spacial score (nSPS) is 11.7. The Morgan fingerprint density at radius 1 is 0.462 bits per heavy atom. The molecule has 0 bridgehead atoms. The van der Waals surface area contributed by atoms with E-state index in [1.165, 1.54) is 18.2 Å². The first-order valence-electron chi connectivity index (χ1n) is 13.5. The van der Waals surface area contributed by atoms with Gasteiger partial charge >= 0.3 is 0 Å². The zero-order valence-electron chi connectivity index (χ0n) is 24.5. The van der Waals surface area contributed by atoms with Crippen LogP contribution in [-0.2, 0) is 0 Å². The predicted octanol–water partition coefficient (Wildman–Crippen LogP) is 8.91. The van der Waals surface area contributed by atoms with Crippen LogP contribution in [-0.4, -0.2) is 0 Å². The van der Waals surface area contributed by atoms with Gasteiger partial charge in [-0.25, -0.2) is 52.7 Å². The highest BCUT2D eigenvalue weighted by molar-refractivity contribution is 7.24. The highest BCUT2D eigenvalue weighted by Crippen LogP contribution is 2.42. The minimum Gasteiger partial charge on any atom is -0.206 e. The molecule has 256 valence electrons. The lowest BCUT2D eigenvalue weighted by molar-refractivity contribution is 0.381. The minimum absolute atomic E-state index is 0.157. The highest BCUT2D eigenvalue weighted by atomic mass is 32.1. The van der Waals surface area contributed by atoms with Crippen LogP contribution in [0.15, 0.2) is 24.3 Å². The topological polar surface area (TPSA) is 95.2 Å². The van der Waals surface area contributed by atoms with Crippen molar-refractivity contribution in [2.75, 3.05) is 0 Å². The molecule has 4 nitrogen and oxygen atoms in total. The van der Waals surface area contributed by atoms with Gasteiger partial charge in [0.15, 0.2) is 46.5 Å². The van der Waals surface area contributed by atoms with Crippen molar-refractivity contribution in [3.05, 3.63) is 116 Å². The minimum atomic E-state index is -2.52. The van der Waals surface area contributed by atoms with E-state index in [1.807, 2.05) is 0 Å². The van der Waals surface area contributed by atoms with Gasteiger partial charge in [0, 0.05) is 52.0 Å². The van der Waals surface area contributed by atoms with Crippen LogP contribution in [0.25, 0.3) is 52.2 Å². The van der Waals surface area contributed by atoms with Crippen molar-refractivity contribution in [1.29, 1.82) is 21.0 Å². The molecule has 0 spiro atoms. The average Bonchev–Trinajstić information content (AvgIpc) is 3.75. The molecule has 0 atom stereocenters. The van der Waals surface area contributed by atoms with Gasteiger partial charge in [-0.1, -0.05) is 0 Å². The van der Waals surface area contributed by atoms with Crippen LogP contribution in [0.5, 0.6) is 0 Å². The van der Waals surface area contributed by atoms with Crippen molar-refractivity contribution in [2.45, 2.75) is 0 Å². The summed E-state index contributed by atoms with van der Waals surface area (Å²) >= 11 is 0.329. The Bertz CT molecular complexity index is 2730. The van der Waals surface area contributed by atoms with E-state index in [4.69, 9.17) is 0 Å². The predicted molar refractivity (Wildman–Crippen MR) is 161 cm³/mol. The molecule has 0 unspecified atom stereocenters. The fourth-order valence-corrected chi connectivity index (χ4v) is 7.89. The lowest BCUT2D eigenvalue weighted by Gasteiger charge is -2.07. The van der Waals surface area contributed by atoms with Gasteiger partial charge in [0.2, 0.25) is 11.6 Å². The SMILES string of the molecule is N#CC(C#N)=c1c2cc(-c3c(F)c(F)c(F)c(F)c3F)sc2/c(=C(/C#N)c2cc(C#N)c(F)cc2F)c2cc(-c3c(F)c(F)c(F)c(F)c3F)sc12. The van der Waals surface area contributed by atoms with Crippen LogP contribution in [0, 0.1) is 115 Å². The zero-order valence-corrected chi connectivity index (χ0v) is 26.1. The number of fused-ring (bicyclic) bond motifs is 2. The molecular weight excluding hydrogens is 757 g/mol. The molecular formula is C34H4F12N4S2. The lowest BCUT2D eigenvalue weighted by atomic mass is 9.96. The van der Waals surface area contributed by atoms with E-state index < -0.39 is 144 Å². The van der Waals surface area contributed by atoms with E-state index in [2.05, 4.69) is 0 Å². The Hall–Kier alpha value is -6.34. The summed E-state index contributed by atoms with van der Waals surface area (Å²) in [4.78, 5) is -1.57. The summed E-state index contributed by atoms with van der Waals surface area (Å²) in [5.74, 6) is -26.7. The maximum absolute atomic E-state index is 15.4. The van der Waals surface area contributed by atoms with Crippen LogP contribution in [0.3, 0.4) is 0 Å². The second-order valence-corrected chi connectivity index (χ2v) is 12.5. The van der Waals surface area contributed by atoms with Gasteiger partial charge in [0.1, 0.15) is 41.5 Å². The van der Waals surface area contributed by atoms with Crippen molar-refractivity contribution >= 4 is 54.0 Å². The van der Waals surface area contributed by atoms with Crippen molar-refractivity contribution in [1.82, 2.24) is 0 Å². The van der Waals surface area contributed by atoms with Gasteiger partial charge in [0.25, 0.3) is 0 Å². The van der Waals surface area contributed by atoms with Crippen molar-refractivity contribution in [3.63, 3.8) is 0 Å². The van der Waals surface area contributed by atoms with Crippen LogP contribution in [0.4, 0.5) is 52.7 Å². The van der Waals surface area contributed by atoms with Gasteiger partial charge < -0.3 is 0 Å². The maximum atomic E-state index is 15.4. The Morgan fingerprint density at radius 2 is 0.865 bits per heavy atom. The number of nitriles is 4. The fraction of sp³-hybridized carbons (Fsp3) is 0. The van der Waals surface area contributed by atoms with E-state index in [9.17, 15) is 51.8 Å². The fourth-order valence-electron chi connectivity index (χ4n) is 5.37. The molecule has 6 aromatic rings. The van der Waals surface area contributed by atoms with Gasteiger partial charge in [-0.2, -0.15) is 21.0 Å². The summed E-state index contributed by atoms with van der Waals surface area (Å²) in [6, 6.07) is 8.18. The van der Waals surface area contributed by atoms with Gasteiger partial charge in [-0.3, -0.25) is 0 Å². The largest absolute Gasteiger partial charge is 0.206 e. The molecule has 0 amide bonds. The van der Waals surface area contributed by atoms with Crippen LogP contribution in [0.1, 0.15) is 11.1 Å². The Morgan fingerprint density at radius 3 is 1.27 bits per heavy atom. The number of rotatable bonds is 3. The molecule has 0 saturated carbocycles. The Balaban J connectivity index is 1.97. The Kier molecular flexibility index (Phi) is 8.71. The molecule has 0 aliphatic carbocycles. The van der Waals surface area contributed by atoms with Crippen molar-refractivity contribution in [3.8, 4) is 45.2 Å². The molecule has 0 fully saturated rings. The van der Waals surface area contributed by atoms with Crippen molar-refractivity contribution in [2.24, 2.45) is 0 Å². The molecule has 0 saturated heterocycles. The van der Waals surface area contributed by atoms with Gasteiger partial charge in [-0.05, 0) is 18.2 Å². The van der Waals surface area contributed by atoms with Gasteiger partial charge in [-0.15, -0.1) is 22.7 Å². The summed E-state index contributed by atoms with van der Waals surface area (Å²) in [5, 5.41) is 37.3. The van der Waals surface area contributed by atoms with Crippen LogP contribution >= 0.6 is 22.7 Å². The average molecular weight is 761 g/mol. The van der Waals surface area contributed by atoms with E-state index in [0.29, 0.717) is 12.1 Å². The molecule has 0 aliphatic rings. The molecule has 52 heavy (non-hydrogen) atoms. The maximum Gasteiger partial charge on any atom is 0.200 e. The van der Waals surface area contributed by atoms with E-state index >= 15 is 22.0 Å². The third-order valence-electron chi connectivity index (χ3n) is 7.65. The lowest BCUT2D eigenvalue weighted by Crippen LogP contribution is -2.16. The molecule has 0 radical (unpaired) electrons. The standard InChI is InChI=1S/C34H4F12N4S2/c35-15-4-16(36)11(1-9(15)5-47)14(8-50)20-13-3-18(22-25(39)29(43)32(46)30(44)26(22)40)51-33(13)19(10(6-48)7-49)12-2-17(52-34(12)20)21-23(37)27(41)31(45)28(42)24(21)38/h1-4H/b20-14-. The third-order valence-corrected chi connectivity index (χ3v) is 9.99. The number of hydrogen-bond donors (Lipinski definition) is 0.